The molecule has 1 amide bonds. The summed E-state index contributed by atoms with van der Waals surface area (Å²) in [5, 5.41) is 0. The van der Waals surface area contributed by atoms with E-state index < -0.39 is 0 Å². The Morgan fingerprint density at radius 1 is 1.31 bits per heavy atom. The molecule has 0 aliphatic carbocycles. The van der Waals surface area contributed by atoms with Gasteiger partial charge in [0, 0.05) is 12.6 Å². The lowest BCUT2D eigenvalue weighted by Crippen LogP contribution is -2.39. The zero-order chi connectivity index (χ0) is 12.0. The lowest BCUT2D eigenvalue weighted by Gasteiger charge is -2.26. The van der Waals surface area contributed by atoms with Gasteiger partial charge in [-0.2, -0.15) is 0 Å². The molecule has 1 rings (SSSR count). The highest BCUT2D eigenvalue weighted by molar-refractivity contribution is 6.27. The summed E-state index contributed by atoms with van der Waals surface area (Å²) in [5.41, 5.74) is 1.25. The third kappa shape index (κ3) is 3.86. The molecule has 0 aliphatic heterocycles. The second-order valence-corrected chi connectivity index (χ2v) is 4.32. The highest BCUT2D eigenvalue weighted by atomic mass is 35.5. The van der Waals surface area contributed by atoms with Gasteiger partial charge in [0.1, 0.15) is 5.88 Å². The molecule has 0 radical (unpaired) electrons. The molecule has 0 heterocycles. The maximum absolute atomic E-state index is 11.6. The van der Waals surface area contributed by atoms with E-state index in [0.29, 0.717) is 0 Å². The molecule has 88 valence electrons. The molecular weight excluding hydrogens is 222 g/mol. The maximum atomic E-state index is 11.6. The van der Waals surface area contributed by atoms with Crippen LogP contribution in [-0.4, -0.2) is 29.3 Å². The highest BCUT2D eigenvalue weighted by Gasteiger charge is 2.15. The molecule has 0 unspecified atom stereocenters. The number of hydrogen-bond donors (Lipinski definition) is 0. The van der Waals surface area contributed by atoms with Gasteiger partial charge in [0.2, 0.25) is 5.91 Å². The number of carbonyl (C=O) groups is 1. The van der Waals surface area contributed by atoms with Gasteiger partial charge in [-0.1, -0.05) is 30.3 Å². The number of benzene rings is 1. The maximum Gasteiger partial charge on any atom is 0.237 e. The molecule has 0 spiro atoms. The molecule has 16 heavy (non-hydrogen) atoms. The summed E-state index contributed by atoms with van der Waals surface area (Å²) in [6, 6.07) is 10.4. The Kier molecular flexibility index (Phi) is 5.33. The van der Waals surface area contributed by atoms with Crippen molar-refractivity contribution in [1.82, 2.24) is 4.90 Å². The summed E-state index contributed by atoms with van der Waals surface area (Å²) in [7, 11) is 0. The van der Waals surface area contributed by atoms with Gasteiger partial charge >= 0.3 is 0 Å². The van der Waals surface area contributed by atoms with Crippen molar-refractivity contribution in [1.29, 1.82) is 0 Å². The molecule has 1 aromatic carbocycles. The van der Waals surface area contributed by atoms with Gasteiger partial charge in [0.05, 0.1) is 0 Å². The van der Waals surface area contributed by atoms with Gasteiger partial charge in [-0.15, -0.1) is 11.6 Å². The number of alkyl halides is 1. The minimum Gasteiger partial charge on any atom is -0.339 e. The summed E-state index contributed by atoms with van der Waals surface area (Å²) in [4.78, 5) is 13.4. The first-order valence-corrected chi connectivity index (χ1v) is 6.08. The van der Waals surface area contributed by atoms with E-state index in [1.165, 1.54) is 5.56 Å². The Balaban J connectivity index is 2.54. The SMILES string of the molecule is CC(C)N(CCc1ccccc1)C(=O)CCl. The molecule has 0 N–H and O–H groups in total. The first-order valence-electron chi connectivity index (χ1n) is 5.54. The topological polar surface area (TPSA) is 20.3 Å². The third-order valence-electron chi connectivity index (χ3n) is 2.54. The smallest absolute Gasteiger partial charge is 0.237 e. The second kappa shape index (κ2) is 6.54. The summed E-state index contributed by atoms with van der Waals surface area (Å²) >= 11 is 5.58. The molecule has 0 saturated carbocycles. The number of carbonyl (C=O) groups excluding carboxylic acids is 1. The van der Waals surface area contributed by atoms with Crippen LogP contribution in [0.1, 0.15) is 19.4 Å². The quantitative estimate of drug-likeness (QED) is 0.724. The zero-order valence-corrected chi connectivity index (χ0v) is 10.6. The van der Waals surface area contributed by atoms with Crippen LogP contribution in [0.15, 0.2) is 30.3 Å². The average Bonchev–Trinajstić information content (AvgIpc) is 2.30. The lowest BCUT2D eigenvalue weighted by molar-refractivity contribution is -0.130. The fraction of sp³-hybridized carbons (Fsp3) is 0.462. The van der Waals surface area contributed by atoms with Crippen LogP contribution in [0.25, 0.3) is 0 Å². The van der Waals surface area contributed by atoms with E-state index in [9.17, 15) is 4.79 Å². The van der Waals surface area contributed by atoms with Gasteiger partial charge in [0.25, 0.3) is 0 Å². The van der Waals surface area contributed by atoms with Crippen LogP contribution in [0.4, 0.5) is 0 Å². The zero-order valence-electron chi connectivity index (χ0n) is 9.82. The van der Waals surface area contributed by atoms with Gasteiger partial charge in [0.15, 0.2) is 0 Å². The monoisotopic (exact) mass is 239 g/mol. The van der Waals surface area contributed by atoms with Crippen LogP contribution < -0.4 is 0 Å². The minimum absolute atomic E-state index is 0.00703. The van der Waals surface area contributed by atoms with E-state index in [1.54, 1.807) is 0 Å². The predicted molar refractivity (Wildman–Crippen MR) is 67.7 cm³/mol. The van der Waals surface area contributed by atoms with Crippen LogP contribution in [0, 0.1) is 0 Å². The van der Waals surface area contributed by atoms with Gasteiger partial charge in [-0.25, -0.2) is 0 Å². The Bertz CT molecular complexity index is 324. The molecule has 0 aliphatic rings. The normalized spacial score (nSPS) is 10.5. The highest BCUT2D eigenvalue weighted by Crippen LogP contribution is 2.05. The number of hydrogen-bond acceptors (Lipinski definition) is 1. The Hall–Kier alpha value is -1.02. The molecule has 0 bridgehead atoms. The molecule has 0 saturated heterocycles. The Morgan fingerprint density at radius 2 is 1.94 bits per heavy atom. The van der Waals surface area contributed by atoms with Gasteiger partial charge in [-0.05, 0) is 25.8 Å². The van der Waals surface area contributed by atoms with Crippen molar-refractivity contribution >= 4 is 17.5 Å². The summed E-state index contributed by atoms with van der Waals surface area (Å²) < 4.78 is 0. The average molecular weight is 240 g/mol. The number of amides is 1. The van der Waals surface area contributed by atoms with Crippen molar-refractivity contribution in [2.75, 3.05) is 12.4 Å². The molecular formula is C13H18ClNO. The van der Waals surface area contributed by atoms with Gasteiger partial charge < -0.3 is 4.90 Å². The summed E-state index contributed by atoms with van der Waals surface area (Å²) in [6.45, 7) is 4.75. The van der Waals surface area contributed by atoms with Gasteiger partial charge in [-0.3, -0.25) is 4.79 Å². The minimum atomic E-state index is 0.00703. The van der Waals surface area contributed by atoms with Crippen LogP contribution in [0.5, 0.6) is 0 Å². The fourth-order valence-corrected chi connectivity index (χ4v) is 1.80. The van der Waals surface area contributed by atoms with E-state index in [2.05, 4.69) is 12.1 Å². The van der Waals surface area contributed by atoms with Crippen molar-refractivity contribution in [2.24, 2.45) is 0 Å². The number of halogens is 1. The molecule has 0 atom stereocenters. The van der Waals surface area contributed by atoms with Crippen LogP contribution >= 0.6 is 11.6 Å². The third-order valence-corrected chi connectivity index (χ3v) is 2.77. The van der Waals surface area contributed by atoms with Crippen molar-refractivity contribution in [3.8, 4) is 0 Å². The van der Waals surface area contributed by atoms with E-state index in [4.69, 9.17) is 11.6 Å². The second-order valence-electron chi connectivity index (χ2n) is 4.05. The fourth-order valence-electron chi connectivity index (χ4n) is 1.64. The lowest BCUT2D eigenvalue weighted by atomic mass is 10.1. The van der Waals surface area contributed by atoms with E-state index >= 15 is 0 Å². The number of nitrogens with zero attached hydrogens (tertiary/aromatic N) is 1. The predicted octanol–water partition coefficient (Wildman–Crippen LogP) is 2.70. The van der Waals surface area contributed by atoms with E-state index in [0.717, 1.165) is 13.0 Å². The summed E-state index contributed by atoms with van der Waals surface area (Å²) in [6.07, 6.45) is 0.877. The first-order chi connectivity index (χ1) is 7.65. The van der Waals surface area contributed by atoms with Crippen molar-refractivity contribution < 1.29 is 4.79 Å². The largest absolute Gasteiger partial charge is 0.339 e. The van der Waals surface area contributed by atoms with Crippen LogP contribution in [0.2, 0.25) is 0 Å². The standard InChI is InChI=1S/C13H18ClNO/c1-11(2)15(13(16)10-14)9-8-12-6-4-3-5-7-12/h3-7,11H,8-10H2,1-2H3. The van der Waals surface area contributed by atoms with E-state index in [1.807, 2.05) is 36.9 Å². The van der Waals surface area contributed by atoms with E-state index in [-0.39, 0.29) is 17.8 Å². The molecule has 3 heteroatoms. The Labute approximate surface area is 102 Å². The number of rotatable bonds is 5. The van der Waals surface area contributed by atoms with Crippen molar-refractivity contribution in [2.45, 2.75) is 26.3 Å². The molecule has 2 nitrogen and oxygen atoms in total. The van der Waals surface area contributed by atoms with Crippen molar-refractivity contribution in [3.63, 3.8) is 0 Å². The first kappa shape index (κ1) is 13.0. The van der Waals surface area contributed by atoms with Crippen LogP contribution in [-0.2, 0) is 11.2 Å². The molecule has 1 aromatic rings. The summed E-state index contributed by atoms with van der Waals surface area (Å²) in [5.74, 6) is 0.0695. The molecule has 0 fully saturated rings. The van der Waals surface area contributed by atoms with Crippen molar-refractivity contribution in [3.05, 3.63) is 35.9 Å². The molecule has 0 aromatic heterocycles. The van der Waals surface area contributed by atoms with Crippen LogP contribution in [0.3, 0.4) is 0 Å². The Morgan fingerprint density at radius 3 is 2.44 bits per heavy atom.